The second-order valence-corrected chi connectivity index (χ2v) is 13.5. The van der Waals surface area contributed by atoms with Crippen LogP contribution in [0.25, 0.3) is 0 Å². The number of likely N-dealkylation sites (N-methyl/N-ethyl adjacent to an activating group) is 1. The Labute approximate surface area is 290 Å². The van der Waals surface area contributed by atoms with E-state index in [4.69, 9.17) is 14.2 Å². The van der Waals surface area contributed by atoms with Crippen molar-refractivity contribution in [2.75, 3.05) is 51.1 Å². The Morgan fingerprint density at radius 2 is 1.69 bits per heavy atom. The van der Waals surface area contributed by atoms with E-state index in [1.54, 1.807) is 73.3 Å². The van der Waals surface area contributed by atoms with Crippen molar-refractivity contribution in [2.24, 2.45) is 5.92 Å². The van der Waals surface area contributed by atoms with E-state index in [1.807, 2.05) is 13.8 Å². The Kier molecular flexibility index (Phi) is 14.4. The molecular weight excluding hydrogens is 626 g/mol. The number of methoxy groups -OCH3 is 1. The van der Waals surface area contributed by atoms with Gasteiger partial charge in [-0.25, -0.2) is 9.59 Å². The smallest absolute Gasteiger partial charge is 0.321 e. The molecule has 2 aromatic rings. The summed E-state index contributed by atoms with van der Waals surface area (Å²) < 4.78 is 17.9. The van der Waals surface area contributed by atoms with Crippen molar-refractivity contribution in [3.8, 4) is 11.5 Å². The first-order valence-corrected chi connectivity index (χ1v) is 17.7. The van der Waals surface area contributed by atoms with Gasteiger partial charge in [-0.2, -0.15) is 0 Å². The number of urea groups is 2. The number of fused-ring (bicyclic) bond motifs is 1. The fraction of sp³-hybridized carbons (Fsp3) is 0.595. The minimum atomic E-state index is -0.518. The van der Waals surface area contributed by atoms with Crippen LogP contribution < -0.4 is 25.4 Å². The van der Waals surface area contributed by atoms with Crippen molar-refractivity contribution in [1.82, 2.24) is 15.1 Å². The lowest BCUT2D eigenvalue weighted by Gasteiger charge is -2.35. The van der Waals surface area contributed by atoms with Gasteiger partial charge in [0.1, 0.15) is 11.5 Å². The van der Waals surface area contributed by atoms with Crippen LogP contribution in [-0.4, -0.2) is 97.6 Å². The van der Waals surface area contributed by atoms with Crippen LogP contribution in [0.4, 0.5) is 21.0 Å². The number of nitrogens with zero attached hydrogens (tertiary/aromatic N) is 2. The largest absolute Gasteiger partial charge is 0.497 e. The molecule has 0 spiro atoms. The Balaban J connectivity index is 1.54. The zero-order valence-electron chi connectivity index (χ0n) is 29.7. The summed E-state index contributed by atoms with van der Waals surface area (Å²) in [5, 5.41) is 19.1. The summed E-state index contributed by atoms with van der Waals surface area (Å²) in [6, 6.07) is 11.3. The normalized spacial score (nSPS) is 21.7. The molecule has 12 nitrogen and oxygen atoms in total. The minimum absolute atomic E-state index is 0.141. The Bertz CT molecular complexity index is 1370. The fourth-order valence-corrected chi connectivity index (χ4v) is 6.31. The van der Waals surface area contributed by atoms with Gasteiger partial charge in [0.25, 0.3) is 5.91 Å². The number of anilines is 2. The van der Waals surface area contributed by atoms with Gasteiger partial charge in [0.05, 0.1) is 37.5 Å². The van der Waals surface area contributed by atoms with E-state index in [1.165, 1.54) is 6.42 Å². The van der Waals surface area contributed by atoms with E-state index in [-0.39, 0.29) is 55.3 Å². The number of benzene rings is 2. The maximum atomic E-state index is 14.4. The number of aliphatic hydroxyl groups excluding tert-OH is 1. The van der Waals surface area contributed by atoms with E-state index < -0.39 is 6.04 Å². The SMILES string of the molecule is COc1ccc(NC(=O)N(C)C[C@@H]2OCCCC[C@@H](C)Oc3ccc(NC(=O)NC4CCCCC4)cc3C(=O)N([C@@H](C)CO)C[C@H]2C)cc1. The lowest BCUT2D eigenvalue weighted by Crippen LogP contribution is -2.48. The van der Waals surface area contributed by atoms with Crippen LogP contribution in [0, 0.1) is 5.92 Å². The van der Waals surface area contributed by atoms with Crippen molar-refractivity contribution >= 4 is 29.3 Å². The molecule has 1 fully saturated rings. The number of amides is 5. The van der Waals surface area contributed by atoms with E-state index in [0.717, 1.165) is 44.9 Å². The third kappa shape index (κ3) is 11.3. The zero-order valence-corrected chi connectivity index (χ0v) is 29.7. The third-order valence-electron chi connectivity index (χ3n) is 9.39. The number of hydrogen-bond acceptors (Lipinski definition) is 7. The van der Waals surface area contributed by atoms with E-state index in [9.17, 15) is 19.5 Å². The average Bonchev–Trinajstić information content (AvgIpc) is 3.10. The first-order chi connectivity index (χ1) is 23.6. The monoisotopic (exact) mass is 681 g/mol. The molecule has 1 heterocycles. The second kappa shape index (κ2) is 18.7. The molecule has 4 rings (SSSR count). The summed E-state index contributed by atoms with van der Waals surface area (Å²) in [7, 11) is 3.30. The van der Waals surface area contributed by atoms with Crippen LogP contribution in [0.15, 0.2) is 42.5 Å². The first-order valence-electron chi connectivity index (χ1n) is 17.7. The Hall–Kier alpha value is -4.03. The number of aliphatic hydroxyl groups is 1. The maximum Gasteiger partial charge on any atom is 0.321 e. The summed E-state index contributed by atoms with van der Waals surface area (Å²) in [5.41, 5.74) is 1.43. The van der Waals surface area contributed by atoms with Gasteiger partial charge in [-0.15, -0.1) is 0 Å². The lowest BCUT2D eigenvalue weighted by molar-refractivity contribution is -0.0115. The molecule has 0 bridgehead atoms. The average molecular weight is 682 g/mol. The number of carbonyl (C=O) groups excluding carboxylic acids is 3. The van der Waals surface area contributed by atoms with E-state index in [2.05, 4.69) is 16.0 Å². The van der Waals surface area contributed by atoms with Gasteiger partial charge < -0.3 is 45.1 Å². The van der Waals surface area contributed by atoms with Crippen molar-refractivity contribution in [2.45, 2.75) is 96.4 Å². The highest BCUT2D eigenvalue weighted by Gasteiger charge is 2.31. The molecule has 4 N–H and O–H groups in total. The molecule has 0 unspecified atom stereocenters. The van der Waals surface area contributed by atoms with Crippen LogP contribution in [0.5, 0.6) is 11.5 Å². The molecule has 0 radical (unpaired) electrons. The van der Waals surface area contributed by atoms with E-state index in [0.29, 0.717) is 41.6 Å². The van der Waals surface area contributed by atoms with Crippen molar-refractivity contribution < 1.29 is 33.7 Å². The molecule has 4 atom stereocenters. The van der Waals surface area contributed by atoms with Crippen LogP contribution in [0.3, 0.4) is 0 Å². The lowest BCUT2D eigenvalue weighted by atomic mass is 9.96. The predicted molar refractivity (Wildman–Crippen MR) is 191 cm³/mol. The van der Waals surface area contributed by atoms with Crippen molar-refractivity contribution in [3.63, 3.8) is 0 Å². The molecule has 1 aliphatic carbocycles. The zero-order chi connectivity index (χ0) is 35.3. The van der Waals surface area contributed by atoms with Gasteiger partial charge in [0, 0.05) is 50.1 Å². The van der Waals surface area contributed by atoms with E-state index >= 15 is 0 Å². The first kappa shape index (κ1) is 37.8. The van der Waals surface area contributed by atoms with Crippen molar-refractivity contribution in [1.29, 1.82) is 0 Å². The number of rotatable bonds is 8. The second-order valence-electron chi connectivity index (χ2n) is 13.5. The van der Waals surface area contributed by atoms with Gasteiger partial charge in [-0.3, -0.25) is 4.79 Å². The summed E-state index contributed by atoms with van der Waals surface area (Å²) in [5.74, 6) is 0.593. The van der Waals surface area contributed by atoms with Gasteiger partial charge in [-0.05, 0) is 88.4 Å². The molecule has 49 heavy (non-hydrogen) atoms. The van der Waals surface area contributed by atoms with Gasteiger partial charge >= 0.3 is 12.1 Å². The molecular formula is C37H55N5O7. The molecule has 2 aromatic carbocycles. The van der Waals surface area contributed by atoms with Crippen LogP contribution in [0.2, 0.25) is 0 Å². The molecule has 12 heteroatoms. The highest BCUT2D eigenvalue weighted by atomic mass is 16.5. The summed E-state index contributed by atoms with van der Waals surface area (Å²) in [6.45, 7) is 6.55. The maximum absolute atomic E-state index is 14.4. The predicted octanol–water partition coefficient (Wildman–Crippen LogP) is 6.11. The van der Waals surface area contributed by atoms with Gasteiger partial charge in [-0.1, -0.05) is 26.2 Å². The third-order valence-corrected chi connectivity index (χ3v) is 9.39. The van der Waals surface area contributed by atoms with Crippen molar-refractivity contribution in [3.05, 3.63) is 48.0 Å². The highest BCUT2D eigenvalue weighted by molar-refractivity contribution is 5.99. The van der Waals surface area contributed by atoms with Crippen LogP contribution in [0.1, 0.15) is 82.5 Å². The number of hydrogen-bond donors (Lipinski definition) is 4. The summed E-state index contributed by atoms with van der Waals surface area (Å²) in [6.07, 6.45) is 7.17. The Morgan fingerprint density at radius 3 is 2.39 bits per heavy atom. The number of nitrogens with one attached hydrogen (secondary N) is 3. The molecule has 1 aliphatic heterocycles. The summed E-state index contributed by atoms with van der Waals surface area (Å²) in [4.78, 5) is 43.6. The topological polar surface area (TPSA) is 142 Å². The molecule has 0 saturated heterocycles. The van der Waals surface area contributed by atoms with Gasteiger partial charge in [0.15, 0.2) is 0 Å². The summed E-state index contributed by atoms with van der Waals surface area (Å²) >= 11 is 0. The fourth-order valence-electron chi connectivity index (χ4n) is 6.31. The molecule has 1 saturated carbocycles. The molecule has 5 amide bonds. The standard InChI is InChI=1S/C37H55N5O7/c1-25-22-42(26(2)24-43)35(44)32-21-30(39-36(45)38-28-12-7-6-8-13-28)16-19-33(32)49-27(3)11-9-10-20-48-34(25)23-41(4)37(46)40-29-14-17-31(47-5)18-15-29/h14-19,21,25-28,34,43H,6-13,20,22-24H2,1-5H3,(H,40,46)(H2,38,39,45)/t25-,26+,27-,34+/m1/s1. The van der Waals surface area contributed by atoms with Crippen LogP contribution in [-0.2, 0) is 4.74 Å². The van der Waals surface area contributed by atoms with Gasteiger partial charge in [0.2, 0.25) is 0 Å². The number of carbonyl (C=O) groups is 3. The molecule has 2 aliphatic rings. The Morgan fingerprint density at radius 1 is 1.00 bits per heavy atom. The molecule has 270 valence electrons. The minimum Gasteiger partial charge on any atom is -0.497 e. The molecule has 0 aromatic heterocycles. The number of ether oxygens (including phenoxy) is 3. The van der Waals surface area contributed by atoms with Crippen LogP contribution >= 0.6 is 0 Å². The quantitative estimate of drug-likeness (QED) is 0.264. The highest BCUT2D eigenvalue weighted by Crippen LogP contribution is 2.29.